The van der Waals surface area contributed by atoms with E-state index in [0.717, 1.165) is 25.1 Å². The largest absolute Gasteiger partial charge is 0.399 e. The number of nitrogens with two attached hydrogens (primary N) is 1. The van der Waals surface area contributed by atoms with Crippen LogP contribution in [-0.4, -0.2) is 11.1 Å². The van der Waals surface area contributed by atoms with Gasteiger partial charge in [-0.15, -0.1) is 13.2 Å². The second-order valence-electron chi connectivity index (χ2n) is 7.38. The van der Waals surface area contributed by atoms with Crippen molar-refractivity contribution in [3.05, 3.63) is 72.6 Å². The number of aromatic nitrogens is 1. The Hall–Kier alpha value is -2.68. The molecular formula is C27H41N3. The lowest BCUT2D eigenvalue weighted by Gasteiger charge is -2.12. The number of rotatable bonds is 4. The summed E-state index contributed by atoms with van der Waals surface area (Å²) in [6, 6.07) is 6.53. The minimum atomic E-state index is 0.625. The number of fused-ring (bicyclic) bond motifs is 3. The van der Waals surface area contributed by atoms with E-state index in [0.29, 0.717) is 5.70 Å². The van der Waals surface area contributed by atoms with Crippen LogP contribution >= 0.6 is 0 Å². The van der Waals surface area contributed by atoms with Crippen LogP contribution in [0.2, 0.25) is 0 Å². The van der Waals surface area contributed by atoms with Gasteiger partial charge in [-0.1, -0.05) is 64.5 Å². The second kappa shape index (κ2) is 12.8. The molecule has 0 bridgehead atoms. The van der Waals surface area contributed by atoms with Gasteiger partial charge in [0.05, 0.1) is 5.69 Å². The van der Waals surface area contributed by atoms with Crippen LogP contribution in [-0.2, 0) is 13.0 Å². The first kappa shape index (κ1) is 25.4. The lowest BCUT2D eigenvalue weighted by atomic mass is 9.98. The highest BCUT2D eigenvalue weighted by Gasteiger charge is 2.23. The van der Waals surface area contributed by atoms with E-state index >= 15 is 0 Å². The molecule has 1 aliphatic rings. The number of hydrogen-bond donors (Lipinski definition) is 2. The standard InChI is InChI=1S/C22H29N3.C3H8.C2H4/c1-5-8-9-19-18-11-10-16(15(4)23)14-21(18)25-13-12-24-20(7-3)17(6-2)22(19)25;1-3-2;1-2/h6-7,10-11,14,24H,4-5,8-9,12-13,23H2,1-3H3;3H2,1-2H3;1-2H2/b17-6+,20-7+;;. The van der Waals surface area contributed by atoms with Crippen LogP contribution in [0.15, 0.2) is 55.8 Å². The number of aryl methyl sites for hydroxylation is 1. The molecule has 3 nitrogen and oxygen atoms in total. The molecule has 3 rings (SSSR count). The normalized spacial score (nSPS) is 15.4. The van der Waals surface area contributed by atoms with Gasteiger partial charge in [0.2, 0.25) is 0 Å². The monoisotopic (exact) mass is 407 g/mol. The van der Waals surface area contributed by atoms with Gasteiger partial charge in [0, 0.05) is 41.0 Å². The molecule has 1 aliphatic heterocycles. The van der Waals surface area contributed by atoms with Crippen molar-refractivity contribution < 1.29 is 0 Å². The third kappa shape index (κ3) is 5.47. The van der Waals surface area contributed by atoms with Crippen molar-refractivity contribution in [2.45, 2.75) is 66.8 Å². The summed E-state index contributed by atoms with van der Waals surface area (Å²) < 4.78 is 2.46. The van der Waals surface area contributed by atoms with Crippen molar-refractivity contribution in [3.63, 3.8) is 0 Å². The summed E-state index contributed by atoms with van der Waals surface area (Å²) in [4.78, 5) is 0. The molecule has 0 amide bonds. The molecule has 1 aromatic carbocycles. The van der Waals surface area contributed by atoms with E-state index in [-0.39, 0.29) is 0 Å². The summed E-state index contributed by atoms with van der Waals surface area (Å²) in [7, 11) is 0. The van der Waals surface area contributed by atoms with Gasteiger partial charge in [-0.05, 0) is 43.9 Å². The molecule has 164 valence electrons. The molecule has 0 atom stereocenters. The first-order valence-corrected chi connectivity index (χ1v) is 11.2. The second-order valence-corrected chi connectivity index (χ2v) is 7.38. The summed E-state index contributed by atoms with van der Waals surface area (Å²) >= 11 is 0. The first-order valence-electron chi connectivity index (χ1n) is 11.2. The highest BCUT2D eigenvalue weighted by molar-refractivity contribution is 5.94. The lowest BCUT2D eigenvalue weighted by Crippen LogP contribution is -2.15. The SMILES string of the molecule is C=C.C=C(N)c1ccc2c(CCCC)c3n(c2c1)CCNC(=C/C)/C3=C\C.CCC. The third-order valence-electron chi connectivity index (χ3n) is 5.09. The van der Waals surface area contributed by atoms with Gasteiger partial charge in [-0.25, -0.2) is 0 Å². The Bertz CT molecular complexity index is 896. The van der Waals surface area contributed by atoms with E-state index in [1.807, 2.05) is 0 Å². The summed E-state index contributed by atoms with van der Waals surface area (Å²) in [5, 5.41) is 4.93. The predicted molar refractivity (Wildman–Crippen MR) is 136 cm³/mol. The summed E-state index contributed by atoms with van der Waals surface area (Å²) in [6.45, 7) is 22.5. The van der Waals surface area contributed by atoms with E-state index in [4.69, 9.17) is 5.73 Å². The van der Waals surface area contributed by atoms with Crippen LogP contribution in [0, 0.1) is 0 Å². The number of unbranched alkanes of at least 4 members (excludes halogenated alkanes) is 1. The highest BCUT2D eigenvalue weighted by atomic mass is 15.1. The molecule has 3 heteroatoms. The summed E-state index contributed by atoms with van der Waals surface area (Å²) in [5.74, 6) is 0. The van der Waals surface area contributed by atoms with E-state index in [9.17, 15) is 0 Å². The Morgan fingerprint density at radius 2 is 1.83 bits per heavy atom. The maximum atomic E-state index is 5.96. The first-order chi connectivity index (χ1) is 14.5. The highest BCUT2D eigenvalue weighted by Crippen LogP contribution is 2.36. The van der Waals surface area contributed by atoms with Gasteiger partial charge < -0.3 is 15.6 Å². The molecular weight excluding hydrogens is 366 g/mol. The Labute approximate surface area is 184 Å². The molecule has 0 saturated heterocycles. The van der Waals surface area contributed by atoms with Crippen molar-refractivity contribution in [1.29, 1.82) is 0 Å². The molecule has 0 radical (unpaired) electrons. The molecule has 30 heavy (non-hydrogen) atoms. The average molecular weight is 408 g/mol. The number of hydrogen-bond acceptors (Lipinski definition) is 2. The fourth-order valence-corrected chi connectivity index (χ4v) is 3.84. The molecule has 2 heterocycles. The van der Waals surface area contributed by atoms with Crippen LogP contribution in [0.1, 0.15) is 70.7 Å². The molecule has 0 aliphatic carbocycles. The molecule has 0 fully saturated rings. The maximum Gasteiger partial charge on any atom is 0.0541 e. The van der Waals surface area contributed by atoms with E-state index in [1.165, 1.54) is 52.7 Å². The van der Waals surface area contributed by atoms with Gasteiger partial charge in [-0.2, -0.15) is 0 Å². The maximum absolute atomic E-state index is 5.96. The van der Waals surface area contributed by atoms with Crippen LogP contribution in [0.4, 0.5) is 0 Å². The van der Waals surface area contributed by atoms with Gasteiger partial charge in [0.1, 0.15) is 0 Å². The minimum absolute atomic E-state index is 0.625. The Kier molecular flexibility index (Phi) is 10.8. The van der Waals surface area contributed by atoms with Gasteiger partial charge in [0.15, 0.2) is 0 Å². The van der Waals surface area contributed by atoms with Crippen molar-refractivity contribution >= 4 is 22.2 Å². The lowest BCUT2D eigenvalue weighted by molar-refractivity contribution is 0.681. The summed E-state index contributed by atoms with van der Waals surface area (Å²) in [5.41, 5.74) is 14.2. The van der Waals surface area contributed by atoms with Crippen LogP contribution < -0.4 is 11.1 Å². The van der Waals surface area contributed by atoms with E-state index < -0.39 is 0 Å². The number of nitrogens with one attached hydrogen (secondary N) is 1. The van der Waals surface area contributed by atoms with Crippen molar-refractivity contribution in [1.82, 2.24) is 9.88 Å². The van der Waals surface area contributed by atoms with Crippen molar-refractivity contribution in [2.75, 3.05) is 6.54 Å². The fourth-order valence-electron chi connectivity index (χ4n) is 3.84. The van der Waals surface area contributed by atoms with Crippen LogP contribution in [0.5, 0.6) is 0 Å². The van der Waals surface area contributed by atoms with E-state index in [2.05, 4.69) is 94.6 Å². The molecule has 3 N–H and O–H groups in total. The van der Waals surface area contributed by atoms with Crippen LogP contribution in [0.3, 0.4) is 0 Å². The Morgan fingerprint density at radius 3 is 2.37 bits per heavy atom. The van der Waals surface area contributed by atoms with Crippen molar-refractivity contribution in [3.8, 4) is 0 Å². The van der Waals surface area contributed by atoms with Gasteiger partial charge >= 0.3 is 0 Å². The van der Waals surface area contributed by atoms with Gasteiger partial charge in [0.25, 0.3) is 0 Å². The zero-order chi connectivity index (χ0) is 22.7. The zero-order valence-electron chi connectivity index (χ0n) is 19.8. The molecule has 0 saturated carbocycles. The molecule has 1 aromatic heterocycles. The minimum Gasteiger partial charge on any atom is -0.399 e. The smallest absolute Gasteiger partial charge is 0.0541 e. The number of nitrogens with zero attached hydrogens (tertiary/aromatic N) is 1. The van der Waals surface area contributed by atoms with Gasteiger partial charge in [-0.3, -0.25) is 0 Å². The predicted octanol–water partition coefficient (Wildman–Crippen LogP) is 7.04. The molecule has 0 unspecified atom stereocenters. The van der Waals surface area contributed by atoms with Crippen molar-refractivity contribution in [2.24, 2.45) is 5.73 Å². The zero-order valence-corrected chi connectivity index (χ0v) is 19.8. The topological polar surface area (TPSA) is 43.0 Å². The third-order valence-corrected chi connectivity index (χ3v) is 5.09. The Morgan fingerprint density at radius 1 is 1.17 bits per heavy atom. The number of allylic oxidation sites excluding steroid dienone is 3. The average Bonchev–Trinajstić information content (AvgIpc) is 2.93. The van der Waals surface area contributed by atoms with Crippen LogP contribution in [0.25, 0.3) is 22.2 Å². The summed E-state index contributed by atoms with van der Waals surface area (Å²) in [6.07, 6.45) is 9.17. The number of benzene rings is 1. The molecule has 2 aromatic rings. The van der Waals surface area contributed by atoms with E-state index in [1.54, 1.807) is 0 Å². The Balaban J connectivity index is 0.000000826. The molecule has 0 spiro atoms. The fraction of sp³-hybridized carbons (Fsp3) is 0.407. The quantitative estimate of drug-likeness (QED) is 0.534.